The molecule has 0 saturated carbocycles. The number of ether oxygens (including phenoxy) is 1. The second-order valence-electron chi connectivity index (χ2n) is 5.01. The Bertz CT molecular complexity index is 794. The highest BCUT2D eigenvalue weighted by atomic mass is 16.5. The second kappa shape index (κ2) is 6.41. The van der Waals surface area contributed by atoms with Crippen LogP contribution in [0.4, 0.5) is 0 Å². The van der Waals surface area contributed by atoms with Crippen LogP contribution >= 0.6 is 0 Å². The van der Waals surface area contributed by atoms with Gasteiger partial charge in [0.25, 0.3) is 0 Å². The summed E-state index contributed by atoms with van der Waals surface area (Å²) in [6.45, 7) is 0.0428. The Kier molecular flexibility index (Phi) is 4.17. The van der Waals surface area contributed by atoms with Crippen molar-refractivity contribution in [2.75, 3.05) is 6.61 Å². The number of carbonyl (C=O) groups is 1. The number of aliphatic hydroxyl groups excluding tert-OH is 1. The monoisotopic (exact) mass is 292 g/mol. The summed E-state index contributed by atoms with van der Waals surface area (Å²) in [5, 5.41) is 11.1. The first-order valence-corrected chi connectivity index (χ1v) is 7.17. The average molecular weight is 292 g/mol. The van der Waals surface area contributed by atoms with Gasteiger partial charge in [0.05, 0.1) is 5.56 Å². The number of carbonyl (C=O) groups excluding carboxylic acids is 1. The highest BCUT2D eigenvalue weighted by Gasteiger charge is 2.13. The number of aliphatic hydroxyl groups is 1. The lowest BCUT2D eigenvalue weighted by atomic mass is 9.98. The smallest absolute Gasteiger partial charge is 0.153 e. The Morgan fingerprint density at radius 1 is 0.955 bits per heavy atom. The van der Waals surface area contributed by atoms with Gasteiger partial charge in [-0.25, -0.2) is 0 Å². The van der Waals surface area contributed by atoms with E-state index in [-0.39, 0.29) is 6.61 Å². The van der Waals surface area contributed by atoms with Crippen molar-refractivity contribution in [1.82, 2.24) is 0 Å². The number of fused-ring (bicyclic) bond motifs is 1. The second-order valence-corrected chi connectivity index (χ2v) is 5.01. The molecule has 0 fully saturated rings. The van der Waals surface area contributed by atoms with Crippen LogP contribution in [0, 0.1) is 0 Å². The van der Waals surface area contributed by atoms with E-state index in [9.17, 15) is 9.90 Å². The average Bonchev–Trinajstić information content (AvgIpc) is 2.58. The maximum absolute atomic E-state index is 11.5. The maximum Gasteiger partial charge on any atom is 0.153 e. The van der Waals surface area contributed by atoms with Crippen molar-refractivity contribution in [2.45, 2.75) is 6.42 Å². The number of hydrogen-bond acceptors (Lipinski definition) is 3. The molecule has 0 aliphatic heterocycles. The van der Waals surface area contributed by atoms with Gasteiger partial charge in [-0.2, -0.15) is 0 Å². The Morgan fingerprint density at radius 3 is 2.32 bits per heavy atom. The summed E-state index contributed by atoms with van der Waals surface area (Å²) in [6, 6.07) is 19.0. The summed E-state index contributed by atoms with van der Waals surface area (Å²) < 4.78 is 5.95. The van der Waals surface area contributed by atoms with Crippen LogP contribution in [0.2, 0.25) is 0 Å². The summed E-state index contributed by atoms with van der Waals surface area (Å²) >= 11 is 0. The van der Waals surface area contributed by atoms with Gasteiger partial charge in [-0.05, 0) is 35.6 Å². The van der Waals surface area contributed by atoms with Crippen LogP contribution in [0.1, 0.15) is 15.9 Å². The van der Waals surface area contributed by atoms with Crippen LogP contribution in [-0.2, 0) is 6.42 Å². The van der Waals surface area contributed by atoms with E-state index in [0.29, 0.717) is 23.5 Å². The molecule has 0 saturated heterocycles. The van der Waals surface area contributed by atoms with Crippen LogP contribution in [0.5, 0.6) is 11.5 Å². The lowest BCUT2D eigenvalue weighted by Crippen LogP contribution is -1.98. The molecule has 3 aromatic rings. The minimum atomic E-state index is 0.0428. The third kappa shape index (κ3) is 2.71. The lowest BCUT2D eigenvalue weighted by Gasteiger charge is -2.14. The lowest BCUT2D eigenvalue weighted by molar-refractivity contribution is 0.112. The van der Waals surface area contributed by atoms with Gasteiger partial charge in [0.2, 0.25) is 0 Å². The zero-order chi connectivity index (χ0) is 15.4. The zero-order valence-corrected chi connectivity index (χ0v) is 12.0. The Morgan fingerprint density at radius 2 is 1.64 bits per heavy atom. The minimum Gasteiger partial charge on any atom is -0.456 e. The van der Waals surface area contributed by atoms with E-state index in [1.54, 1.807) is 6.07 Å². The van der Waals surface area contributed by atoms with E-state index in [2.05, 4.69) is 0 Å². The van der Waals surface area contributed by atoms with Gasteiger partial charge in [0, 0.05) is 12.0 Å². The predicted molar refractivity (Wildman–Crippen MR) is 86.6 cm³/mol. The SMILES string of the molecule is O=Cc1cc(CCO)c2ccccc2c1Oc1ccccc1. The number of aldehydes is 1. The molecular formula is C19H16O3. The van der Waals surface area contributed by atoms with Crippen molar-refractivity contribution in [2.24, 2.45) is 0 Å². The molecule has 3 nitrogen and oxygen atoms in total. The largest absolute Gasteiger partial charge is 0.456 e. The number of benzene rings is 3. The molecular weight excluding hydrogens is 276 g/mol. The molecule has 0 aromatic heterocycles. The first-order chi connectivity index (χ1) is 10.8. The molecule has 110 valence electrons. The standard InChI is InChI=1S/C19H16O3/c20-11-10-14-12-15(13-21)19(18-9-5-4-8-17(14)18)22-16-6-2-1-3-7-16/h1-9,12-13,20H,10-11H2. The minimum absolute atomic E-state index is 0.0428. The predicted octanol–water partition coefficient (Wildman–Crippen LogP) is 3.98. The Hall–Kier alpha value is -2.65. The molecule has 0 radical (unpaired) electrons. The van der Waals surface area contributed by atoms with Crippen LogP contribution in [-0.4, -0.2) is 18.0 Å². The van der Waals surface area contributed by atoms with Crippen LogP contribution < -0.4 is 4.74 Å². The van der Waals surface area contributed by atoms with Gasteiger partial charge in [-0.15, -0.1) is 0 Å². The quantitative estimate of drug-likeness (QED) is 0.723. The van der Waals surface area contributed by atoms with Crippen LogP contribution in [0.15, 0.2) is 60.7 Å². The summed E-state index contributed by atoms with van der Waals surface area (Å²) in [7, 11) is 0. The highest BCUT2D eigenvalue weighted by molar-refractivity contribution is 5.98. The topological polar surface area (TPSA) is 46.5 Å². The van der Waals surface area contributed by atoms with Crippen molar-refractivity contribution in [1.29, 1.82) is 0 Å². The van der Waals surface area contributed by atoms with E-state index < -0.39 is 0 Å². The molecule has 0 aliphatic carbocycles. The number of para-hydroxylation sites is 1. The van der Waals surface area contributed by atoms with Crippen molar-refractivity contribution in [3.8, 4) is 11.5 Å². The molecule has 0 aliphatic rings. The molecule has 0 heterocycles. The van der Waals surface area contributed by atoms with E-state index >= 15 is 0 Å². The molecule has 3 rings (SSSR count). The Balaban J connectivity index is 2.20. The summed E-state index contributed by atoms with van der Waals surface area (Å²) in [4.78, 5) is 11.5. The third-order valence-electron chi connectivity index (χ3n) is 3.58. The Labute approximate surface area is 128 Å². The molecule has 0 atom stereocenters. The molecule has 0 spiro atoms. The fourth-order valence-electron chi connectivity index (χ4n) is 2.58. The van der Waals surface area contributed by atoms with Crippen molar-refractivity contribution in [3.05, 3.63) is 71.8 Å². The van der Waals surface area contributed by atoms with Crippen molar-refractivity contribution < 1.29 is 14.6 Å². The molecule has 3 aromatic carbocycles. The molecule has 0 bridgehead atoms. The molecule has 3 heteroatoms. The summed E-state index contributed by atoms with van der Waals surface area (Å²) in [5.41, 5.74) is 1.44. The number of rotatable bonds is 5. The van der Waals surface area contributed by atoms with Crippen LogP contribution in [0.3, 0.4) is 0 Å². The molecule has 0 amide bonds. The van der Waals surface area contributed by atoms with Crippen molar-refractivity contribution >= 4 is 17.1 Å². The van der Waals surface area contributed by atoms with Gasteiger partial charge >= 0.3 is 0 Å². The normalized spacial score (nSPS) is 10.6. The fourth-order valence-corrected chi connectivity index (χ4v) is 2.58. The molecule has 1 N–H and O–H groups in total. The van der Waals surface area contributed by atoms with Gasteiger partial charge in [-0.3, -0.25) is 4.79 Å². The maximum atomic E-state index is 11.5. The summed E-state index contributed by atoms with van der Waals surface area (Å²) in [6.07, 6.45) is 1.30. The molecule has 0 unspecified atom stereocenters. The third-order valence-corrected chi connectivity index (χ3v) is 3.58. The first-order valence-electron chi connectivity index (χ1n) is 7.17. The highest BCUT2D eigenvalue weighted by Crippen LogP contribution is 2.35. The molecule has 22 heavy (non-hydrogen) atoms. The van der Waals surface area contributed by atoms with Crippen LogP contribution in [0.25, 0.3) is 10.8 Å². The van der Waals surface area contributed by atoms with Gasteiger partial charge in [0.15, 0.2) is 6.29 Å². The fraction of sp³-hybridized carbons (Fsp3) is 0.105. The van der Waals surface area contributed by atoms with E-state index in [0.717, 1.165) is 22.6 Å². The number of hydrogen-bond donors (Lipinski definition) is 1. The van der Waals surface area contributed by atoms with Crippen molar-refractivity contribution in [3.63, 3.8) is 0 Å². The van der Waals surface area contributed by atoms with E-state index in [1.165, 1.54) is 0 Å². The zero-order valence-electron chi connectivity index (χ0n) is 12.0. The first kappa shape index (κ1) is 14.3. The van der Waals surface area contributed by atoms with E-state index in [1.807, 2.05) is 54.6 Å². The summed E-state index contributed by atoms with van der Waals surface area (Å²) in [5.74, 6) is 1.24. The van der Waals surface area contributed by atoms with Gasteiger partial charge in [0.1, 0.15) is 11.5 Å². The van der Waals surface area contributed by atoms with Gasteiger partial charge < -0.3 is 9.84 Å². The van der Waals surface area contributed by atoms with Gasteiger partial charge in [-0.1, -0.05) is 42.5 Å². The van der Waals surface area contributed by atoms with E-state index in [4.69, 9.17) is 4.74 Å².